The van der Waals surface area contributed by atoms with Crippen LogP contribution in [-0.4, -0.2) is 17.8 Å². The molecule has 0 saturated heterocycles. The molecule has 0 aromatic heterocycles. The van der Waals surface area contributed by atoms with Gasteiger partial charge in [-0.3, -0.25) is 9.79 Å². The van der Waals surface area contributed by atoms with Crippen LogP contribution < -0.4 is 0 Å². The van der Waals surface area contributed by atoms with Crippen LogP contribution in [0.2, 0.25) is 0 Å². The molecule has 0 atom stereocenters. The molecule has 0 fully saturated rings. The number of allylic oxidation sites excluding steroid dienone is 5. The maximum Gasteiger partial charge on any atom is 0.151 e. The highest BCUT2D eigenvalue weighted by molar-refractivity contribution is 9.09. The SMILES string of the molecule is CC/C=C(C)/C=C(C=O)\C=N/C=C/CBr. The summed E-state index contributed by atoms with van der Waals surface area (Å²) in [7, 11) is 0. The molecule has 82 valence electrons. The Bertz CT molecular complexity index is 301. The summed E-state index contributed by atoms with van der Waals surface area (Å²) in [4.78, 5) is 14.7. The third-order valence-electron chi connectivity index (χ3n) is 1.56. The fourth-order valence-electron chi connectivity index (χ4n) is 0.975. The van der Waals surface area contributed by atoms with Crippen LogP contribution in [0.15, 0.2) is 40.6 Å². The van der Waals surface area contributed by atoms with Crippen molar-refractivity contribution >= 4 is 28.4 Å². The summed E-state index contributed by atoms with van der Waals surface area (Å²) in [5.41, 5.74) is 1.66. The molecule has 0 saturated carbocycles. The number of nitrogens with zero attached hydrogens (tertiary/aromatic N) is 1. The number of hydrogen-bond donors (Lipinski definition) is 0. The Balaban J connectivity index is 4.49. The van der Waals surface area contributed by atoms with Crippen molar-refractivity contribution in [2.75, 3.05) is 5.33 Å². The zero-order valence-electron chi connectivity index (χ0n) is 9.11. The van der Waals surface area contributed by atoms with Gasteiger partial charge in [-0.2, -0.15) is 0 Å². The first-order valence-corrected chi connectivity index (χ1v) is 5.94. The molecule has 0 N–H and O–H groups in total. The van der Waals surface area contributed by atoms with E-state index >= 15 is 0 Å². The van der Waals surface area contributed by atoms with E-state index in [4.69, 9.17) is 0 Å². The van der Waals surface area contributed by atoms with E-state index < -0.39 is 0 Å². The quantitative estimate of drug-likeness (QED) is 0.239. The maximum absolute atomic E-state index is 10.7. The van der Waals surface area contributed by atoms with E-state index in [0.29, 0.717) is 5.57 Å². The molecule has 0 bridgehead atoms. The third kappa shape index (κ3) is 8.06. The van der Waals surface area contributed by atoms with E-state index in [0.717, 1.165) is 23.6 Å². The van der Waals surface area contributed by atoms with Gasteiger partial charge in [-0.1, -0.05) is 40.6 Å². The Hall–Kier alpha value is -0.960. The van der Waals surface area contributed by atoms with E-state index in [1.807, 2.05) is 19.1 Å². The molecule has 0 aliphatic heterocycles. The van der Waals surface area contributed by atoms with Crippen LogP contribution in [0.25, 0.3) is 0 Å². The van der Waals surface area contributed by atoms with Gasteiger partial charge in [-0.15, -0.1) is 0 Å². The van der Waals surface area contributed by atoms with Crippen molar-refractivity contribution in [1.29, 1.82) is 0 Å². The normalized spacial score (nSPS) is 14.1. The van der Waals surface area contributed by atoms with Gasteiger partial charge in [0.1, 0.15) is 0 Å². The third-order valence-corrected chi connectivity index (χ3v) is 1.93. The largest absolute Gasteiger partial charge is 0.298 e. The van der Waals surface area contributed by atoms with Crippen molar-refractivity contribution in [2.45, 2.75) is 20.3 Å². The summed E-state index contributed by atoms with van der Waals surface area (Å²) in [6, 6.07) is 0. The summed E-state index contributed by atoms with van der Waals surface area (Å²) >= 11 is 3.24. The summed E-state index contributed by atoms with van der Waals surface area (Å²) in [5.74, 6) is 0. The van der Waals surface area contributed by atoms with Crippen LogP contribution in [0.4, 0.5) is 0 Å². The monoisotopic (exact) mass is 269 g/mol. The minimum absolute atomic E-state index is 0.580. The number of aliphatic imine (C=N–C) groups is 1. The molecule has 0 amide bonds. The van der Waals surface area contributed by atoms with E-state index in [9.17, 15) is 4.79 Å². The second kappa shape index (κ2) is 9.59. The Morgan fingerprint density at radius 2 is 2.20 bits per heavy atom. The molecular formula is C12H16BrNO. The fraction of sp³-hybridized carbons (Fsp3) is 0.333. The number of carbonyl (C=O) groups is 1. The van der Waals surface area contributed by atoms with Gasteiger partial charge in [0.2, 0.25) is 0 Å². The molecule has 2 nitrogen and oxygen atoms in total. The average Bonchev–Trinajstić information content (AvgIpc) is 2.23. The van der Waals surface area contributed by atoms with Gasteiger partial charge in [-0.05, 0) is 19.4 Å². The Labute approximate surface area is 99.6 Å². The zero-order valence-corrected chi connectivity index (χ0v) is 10.7. The highest BCUT2D eigenvalue weighted by Crippen LogP contribution is 2.00. The number of carbonyl (C=O) groups excluding carboxylic acids is 1. The van der Waals surface area contributed by atoms with Crippen LogP contribution in [0, 0.1) is 0 Å². The van der Waals surface area contributed by atoms with Crippen molar-refractivity contribution in [2.24, 2.45) is 4.99 Å². The van der Waals surface area contributed by atoms with Gasteiger partial charge in [0, 0.05) is 23.3 Å². The van der Waals surface area contributed by atoms with Gasteiger partial charge in [0.25, 0.3) is 0 Å². The number of hydrogen-bond acceptors (Lipinski definition) is 2. The van der Waals surface area contributed by atoms with E-state index in [1.54, 1.807) is 12.4 Å². The van der Waals surface area contributed by atoms with E-state index in [2.05, 4.69) is 33.9 Å². The fourth-order valence-corrected chi connectivity index (χ4v) is 1.14. The van der Waals surface area contributed by atoms with Crippen LogP contribution >= 0.6 is 15.9 Å². The summed E-state index contributed by atoms with van der Waals surface area (Å²) in [6.45, 7) is 4.03. The van der Waals surface area contributed by atoms with E-state index in [-0.39, 0.29) is 0 Å². The van der Waals surface area contributed by atoms with Crippen molar-refractivity contribution in [3.8, 4) is 0 Å². The number of halogens is 1. The first-order chi connectivity index (χ1) is 7.24. The van der Waals surface area contributed by atoms with Crippen LogP contribution in [0.3, 0.4) is 0 Å². The molecule has 3 heteroatoms. The number of rotatable bonds is 6. The second-order valence-electron chi connectivity index (χ2n) is 2.94. The Kier molecular flexibility index (Phi) is 8.98. The topological polar surface area (TPSA) is 29.4 Å². The minimum atomic E-state index is 0.580. The van der Waals surface area contributed by atoms with Crippen LogP contribution in [-0.2, 0) is 4.79 Å². The first-order valence-electron chi connectivity index (χ1n) is 4.82. The van der Waals surface area contributed by atoms with E-state index in [1.165, 1.54) is 0 Å². The summed E-state index contributed by atoms with van der Waals surface area (Å²) < 4.78 is 0. The van der Waals surface area contributed by atoms with Crippen molar-refractivity contribution in [3.63, 3.8) is 0 Å². The predicted octanol–water partition coefficient (Wildman–Crippen LogP) is 3.45. The van der Waals surface area contributed by atoms with Gasteiger partial charge in [0.05, 0.1) is 0 Å². The molecular weight excluding hydrogens is 254 g/mol. The zero-order chi connectivity index (χ0) is 11.5. The predicted molar refractivity (Wildman–Crippen MR) is 69.6 cm³/mol. The highest BCUT2D eigenvalue weighted by Gasteiger charge is 1.89. The molecule has 0 heterocycles. The standard InChI is InChI=1S/C12H16BrNO/c1-3-5-11(2)8-12(10-15)9-14-7-4-6-13/h4-5,7-10H,3,6H2,1-2H3/b7-4+,11-5+,12-8+,14-9-. The van der Waals surface area contributed by atoms with Gasteiger partial charge < -0.3 is 0 Å². The molecule has 0 rings (SSSR count). The average molecular weight is 270 g/mol. The summed E-state index contributed by atoms with van der Waals surface area (Å²) in [5, 5.41) is 0.763. The molecule has 15 heavy (non-hydrogen) atoms. The lowest BCUT2D eigenvalue weighted by molar-refractivity contribution is -0.104. The molecule has 0 aliphatic rings. The van der Waals surface area contributed by atoms with Gasteiger partial charge in [0.15, 0.2) is 6.29 Å². The smallest absolute Gasteiger partial charge is 0.151 e. The van der Waals surface area contributed by atoms with Gasteiger partial charge in [-0.25, -0.2) is 0 Å². The summed E-state index contributed by atoms with van der Waals surface area (Å²) in [6.07, 6.45) is 10.7. The molecule has 0 aromatic carbocycles. The van der Waals surface area contributed by atoms with Crippen LogP contribution in [0.1, 0.15) is 20.3 Å². The number of alkyl halides is 1. The highest BCUT2D eigenvalue weighted by atomic mass is 79.9. The molecule has 0 aliphatic carbocycles. The molecule has 0 radical (unpaired) electrons. The lowest BCUT2D eigenvalue weighted by Crippen LogP contribution is -1.86. The molecule has 0 spiro atoms. The van der Waals surface area contributed by atoms with Crippen molar-refractivity contribution in [3.05, 3.63) is 35.6 Å². The lowest BCUT2D eigenvalue weighted by Gasteiger charge is -1.92. The Morgan fingerprint density at radius 3 is 2.73 bits per heavy atom. The Morgan fingerprint density at radius 1 is 1.47 bits per heavy atom. The number of aldehydes is 1. The van der Waals surface area contributed by atoms with Crippen LogP contribution in [0.5, 0.6) is 0 Å². The maximum atomic E-state index is 10.7. The van der Waals surface area contributed by atoms with Crippen molar-refractivity contribution in [1.82, 2.24) is 0 Å². The second-order valence-corrected chi connectivity index (χ2v) is 3.58. The lowest BCUT2D eigenvalue weighted by atomic mass is 10.2. The minimum Gasteiger partial charge on any atom is -0.298 e. The molecule has 0 unspecified atom stereocenters. The van der Waals surface area contributed by atoms with Crippen molar-refractivity contribution < 1.29 is 4.79 Å². The van der Waals surface area contributed by atoms with Gasteiger partial charge >= 0.3 is 0 Å². The molecule has 0 aromatic rings. The first kappa shape index (κ1) is 14.0.